The summed E-state index contributed by atoms with van der Waals surface area (Å²) < 4.78 is 3.20. The lowest BCUT2D eigenvalue weighted by Crippen LogP contribution is -2.18. The van der Waals surface area contributed by atoms with E-state index in [-0.39, 0.29) is 0 Å². The molecule has 1 saturated carbocycles. The van der Waals surface area contributed by atoms with E-state index >= 15 is 0 Å². The van der Waals surface area contributed by atoms with Crippen LogP contribution in [0.5, 0.6) is 0 Å². The van der Waals surface area contributed by atoms with Gasteiger partial charge in [0.05, 0.1) is 0 Å². The van der Waals surface area contributed by atoms with Gasteiger partial charge >= 0.3 is 0 Å². The van der Waals surface area contributed by atoms with Gasteiger partial charge in [0.2, 0.25) is 0 Å². The van der Waals surface area contributed by atoms with E-state index in [9.17, 15) is 0 Å². The van der Waals surface area contributed by atoms with Crippen LogP contribution in [0.4, 0.5) is 0 Å². The van der Waals surface area contributed by atoms with Gasteiger partial charge in [-0.25, -0.2) is 0 Å². The molecule has 2 nitrogen and oxygen atoms in total. The standard InChI is InChI=1S/C13H22N2S/c1-3-12-8-14-13(16)15(12)9-11-6-4-10(2)5-7-11/h8,10-11H,3-7,9H2,1-2H3,(H,14,16). The molecule has 1 heterocycles. The summed E-state index contributed by atoms with van der Waals surface area (Å²) in [6.45, 7) is 5.69. The summed E-state index contributed by atoms with van der Waals surface area (Å²) in [5.41, 5.74) is 1.35. The normalized spacial score (nSPS) is 25.9. The van der Waals surface area contributed by atoms with Crippen LogP contribution in [0, 0.1) is 16.6 Å². The van der Waals surface area contributed by atoms with Gasteiger partial charge in [-0.1, -0.05) is 26.7 Å². The zero-order chi connectivity index (χ0) is 11.5. The number of rotatable bonds is 3. The molecule has 0 amide bonds. The molecular formula is C13H22N2S. The van der Waals surface area contributed by atoms with E-state index in [1.807, 2.05) is 0 Å². The van der Waals surface area contributed by atoms with E-state index in [1.165, 1.54) is 31.4 Å². The minimum atomic E-state index is 0.837. The Hall–Kier alpha value is -0.570. The van der Waals surface area contributed by atoms with Gasteiger partial charge in [0, 0.05) is 18.4 Å². The average Bonchev–Trinajstić information content (AvgIpc) is 2.63. The smallest absolute Gasteiger partial charge is 0.177 e. The summed E-state index contributed by atoms with van der Waals surface area (Å²) >= 11 is 5.34. The number of hydrogen-bond acceptors (Lipinski definition) is 1. The lowest BCUT2D eigenvalue weighted by atomic mass is 9.83. The number of aryl methyl sites for hydroxylation is 1. The molecule has 1 aromatic rings. The molecule has 0 unspecified atom stereocenters. The molecule has 0 bridgehead atoms. The summed E-state index contributed by atoms with van der Waals surface area (Å²) in [5, 5.41) is 0. The molecule has 0 aromatic carbocycles. The molecule has 16 heavy (non-hydrogen) atoms. The zero-order valence-corrected chi connectivity index (χ0v) is 11.1. The predicted octanol–water partition coefficient (Wildman–Crippen LogP) is 3.93. The van der Waals surface area contributed by atoms with Crippen LogP contribution in [0.2, 0.25) is 0 Å². The minimum Gasteiger partial charge on any atom is -0.337 e. The first-order chi connectivity index (χ1) is 7.70. The second-order valence-corrected chi connectivity index (χ2v) is 5.56. The van der Waals surface area contributed by atoms with Crippen LogP contribution < -0.4 is 0 Å². The SMILES string of the molecule is CCc1c[nH]c(=S)n1CC1CCC(C)CC1. The molecule has 1 aliphatic carbocycles. The molecule has 1 N–H and O–H groups in total. The van der Waals surface area contributed by atoms with E-state index in [0.29, 0.717) is 0 Å². The summed E-state index contributed by atoms with van der Waals surface area (Å²) in [7, 11) is 0. The number of hydrogen-bond donors (Lipinski definition) is 1. The first kappa shape index (κ1) is 11.9. The number of aromatic amines is 1. The maximum absolute atomic E-state index is 5.34. The van der Waals surface area contributed by atoms with E-state index < -0.39 is 0 Å². The second-order valence-electron chi connectivity index (χ2n) is 5.18. The summed E-state index contributed by atoms with van der Waals surface area (Å²) in [5.74, 6) is 1.77. The van der Waals surface area contributed by atoms with Crippen LogP contribution in [-0.2, 0) is 13.0 Å². The molecular weight excluding hydrogens is 216 g/mol. The van der Waals surface area contributed by atoms with Crippen LogP contribution in [-0.4, -0.2) is 9.55 Å². The summed E-state index contributed by atoms with van der Waals surface area (Å²) in [6.07, 6.45) is 8.66. The lowest BCUT2D eigenvalue weighted by Gasteiger charge is -2.26. The molecule has 0 atom stereocenters. The Morgan fingerprint density at radius 1 is 1.38 bits per heavy atom. The van der Waals surface area contributed by atoms with Crippen LogP contribution in [0.25, 0.3) is 0 Å². The molecule has 0 spiro atoms. The Labute approximate surface area is 103 Å². The highest BCUT2D eigenvalue weighted by Crippen LogP contribution is 2.29. The number of nitrogens with one attached hydrogen (secondary N) is 1. The number of aromatic nitrogens is 2. The van der Waals surface area contributed by atoms with Gasteiger partial charge in [-0.05, 0) is 43.3 Å². The third kappa shape index (κ3) is 2.57. The molecule has 0 saturated heterocycles. The van der Waals surface area contributed by atoms with Gasteiger partial charge in [-0.2, -0.15) is 0 Å². The van der Waals surface area contributed by atoms with Gasteiger partial charge in [0.25, 0.3) is 0 Å². The maximum Gasteiger partial charge on any atom is 0.177 e. The quantitative estimate of drug-likeness (QED) is 0.791. The number of nitrogens with zero attached hydrogens (tertiary/aromatic N) is 1. The molecule has 3 heteroatoms. The summed E-state index contributed by atoms with van der Waals surface area (Å²) in [4.78, 5) is 3.16. The van der Waals surface area contributed by atoms with Crippen molar-refractivity contribution < 1.29 is 0 Å². The Morgan fingerprint density at radius 2 is 2.06 bits per heavy atom. The first-order valence-corrected chi connectivity index (χ1v) is 6.88. The van der Waals surface area contributed by atoms with Crippen molar-refractivity contribution in [1.29, 1.82) is 0 Å². The van der Waals surface area contributed by atoms with Gasteiger partial charge in [0.1, 0.15) is 0 Å². The monoisotopic (exact) mass is 238 g/mol. The van der Waals surface area contributed by atoms with E-state index in [2.05, 4.69) is 29.6 Å². The van der Waals surface area contributed by atoms with E-state index in [0.717, 1.165) is 29.6 Å². The van der Waals surface area contributed by atoms with Crippen molar-refractivity contribution in [2.75, 3.05) is 0 Å². The van der Waals surface area contributed by atoms with Crippen LogP contribution in [0.15, 0.2) is 6.20 Å². The van der Waals surface area contributed by atoms with Crippen molar-refractivity contribution in [3.05, 3.63) is 16.7 Å². The average molecular weight is 238 g/mol. The highest BCUT2D eigenvalue weighted by molar-refractivity contribution is 7.71. The maximum atomic E-state index is 5.34. The summed E-state index contributed by atoms with van der Waals surface area (Å²) in [6, 6.07) is 0. The molecule has 0 aliphatic heterocycles. The Kier molecular flexibility index (Phi) is 3.85. The highest BCUT2D eigenvalue weighted by Gasteiger charge is 2.19. The molecule has 0 radical (unpaired) electrons. The van der Waals surface area contributed by atoms with Gasteiger partial charge in [-0.15, -0.1) is 0 Å². The van der Waals surface area contributed by atoms with Crippen LogP contribution in [0.3, 0.4) is 0 Å². The van der Waals surface area contributed by atoms with Gasteiger partial charge in [-0.3, -0.25) is 0 Å². The Bertz CT molecular complexity index is 383. The second kappa shape index (κ2) is 5.17. The van der Waals surface area contributed by atoms with E-state index in [4.69, 9.17) is 12.2 Å². The highest BCUT2D eigenvalue weighted by atomic mass is 32.1. The largest absolute Gasteiger partial charge is 0.337 e. The zero-order valence-electron chi connectivity index (χ0n) is 10.3. The molecule has 1 aromatic heterocycles. The number of H-pyrrole nitrogens is 1. The topological polar surface area (TPSA) is 20.7 Å². The Balaban J connectivity index is 2.03. The fourth-order valence-corrected chi connectivity index (χ4v) is 2.95. The van der Waals surface area contributed by atoms with E-state index in [1.54, 1.807) is 0 Å². The van der Waals surface area contributed by atoms with Crippen molar-refractivity contribution in [1.82, 2.24) is 9.55 Å². The predicted molar refractivity (Wildman–Crippen MR) is 70.1 cm³/mol. The molecule has 2 rings (SSSR count). The molecule has 1 fully saturated rings. The van der Waals surface area contributed by atoms with Crippen molar-refractivity contribution >= 4 is 12.2 Å². The van der Waals surface area contributed by atoms with Crippen molar-refractivity contribution in [2.45, 2.75) is 52.5 Å². The third-order valence-corrected chi connectivity index (χ3v) is 4.23. The van der Waals surface area contributed by atoms with Crippen molar-refractivity contribution in [3.8, 4) is 0 Å². The van der Waals surface area contributed by atoms with Crippen molar-refractivity contribution in [3.63, 3.8) is 0 Å². The first-order valence-electron chi connectivity index (χ1n) is 6.47. The third-order valence-electron chi connectivity index (χ3n) is 3.89. The number of imidazole rings is 1. The van der Waals surface area contributed by atoms with Crippen molar-refractivity contribution in [2.24, 2.45) is 11.8 Å². The van der Waals surface area contributed by atoms with Gasteiger partial charge < -0.3 is 9.55 Å². The minimum absolute atomic E-state index is 0.837. The fourth-order valence-electron chi connectivity index (χ4n) is 2.69. The van der Waals surface area contributed by atoms with Crippen LogP contribution in [0.1, 0.15) is 45.2 Å². The molecule has 90 valence electrons. The molecule has 1 aliphatic rings. The van der Waals surface area contributed by atoms with Gasteiger partial charge in [0.15, 0.2) is 4.77 Å². The fraction of sp³-hybridized carbons (Fsp3) is 0.769. The van der Waals surface area contributed by atoms with Crippen LogP contribution >= 0.6 is 12.2 Å². The lowest BCUT2D eigenvalue weighted by molar-refractivity contribution is 0.262. The Morgan fingerprint density at radius 3 is 2.69 bits per heavy atom.